The van der Waals surface area contributed by atoms with Crippen LogP contribution in [0.5, 0.6) is 11.5 Å². The van der Waals surface area contributed by atoms with Crippen LogP contribution in [-0.2, 0) is 16.6 Å². The zero-order valence-corrected chi connectivity index (χ0v) is 20.3. The van der Waals surface area contributed by atoms with Crippen LogP contribution in [0.3, 0.4) is 0 Å². The Labute approximate surface area is 207 Å². The topological polar surface area (TPSA) is 114 Å². The molecule has 0 bridgehead atoms. The number of rotatable bonds is 6. The number of halogens is 1. The van der Waals surface area contributed by atoms with Gasteiger partial charge in [-0.1, -0.05) is 12.1 Å². The first kappa shape index (κ1) is 23.5. The average molecular weight is 508 g/mol. The number of amides is 2. The summed E-state index contributed by atoms with van der Waals surface area (Å²) >= 11 is 0. The molecule has 5 rings (SSSR count). The Morgan fingerprint density at radius 3 is 2.75 bits per heavy atom. The Morgan fingerprint density at radius 2 is 1.97 bits per heavy atom. The number of ether oxygens (including phenoxy) is 1. The van der Waals surface area contributed by atoms with Crippen LogP contribution in [0.15, 0.2) is 65.8 Å². The number of hydrogen-bond acceptors (Lipinski definition) is 6. The summed E-state index contributed by atoms with van der Waals surface area (Å²) in [6.07, 6.45) is 3.05. The molecule has 1 aliphatic rings. The molecule has 0 atom stereocenters. The Morgan fingerprint density at radius 1 is 1.14 bits per heavy atom. The standard InChI is InChI=1S/C25H22FN5O4S/c1-3-31-14-18-20(9-10-27-24(18)29-25(31)32)35-21-8-7-17(12-19(21)26)30-36(33,34)22-6-4-5-16-11-15(2)13-28-23(16)22/h4-13,30H,3,14H2,1-2H3,(H,27,29,32). The molecule has 2 aromatic carbocycles. The van der Waals surface area contributed by atoms with E-state index in [-0.39, 0.29) is 28.9 Å². The highest BCUT2D eigenvalue weighted by molar-refractivity contribution is 7.93. The molecule has 36 heavy (non-hydrogen) atoms. The lowest BCUT2D eigenvalue weighted by Gasteiger charge is -2.28. The van der Waals surface area contributed by atoms with Gasteiger partial charge in [0.2, 0.25) is 0 Å². The summed E-state index contributed by atoms with van der Waals surface area (Å²) in [5.74, 6) is -0.179. The van der Waals surface area contributed by atoms with E-state index in [1.807, 2.05) is 19.9 Å². The number of hydrogen-bond donors (Lipinski definition) is 2. The summed E-state index contributed by atoms with van der Waals surface area (Å²) in [5.41, 5.74) is 1.88. The van der Waals surface area contributed by atoms with Crippen LogP contribution < -0.4 is 14.8 Å². The number of aryl methyl sites for hydroxylation is 1. The van der Waals surface area contributed by atoms with E-state index in [0.717, 1.165) is 11.6 Å². The molecule has 2 N–H and O–H groups in total. The lowest BCUT2D eigenvalue weighted by molar-refractivity contribution is 0.209. The Hall–Kier alpha value is -4.25. The first-order valence-corrected chi connectivity index (χ1v) is 12.6. The van der Waals surface area contributed by atoms with Crippen molar-refractivity contribution < 1.29 is 22.3 Å². The SMILES string of the molecule is CCN1Cc2c(Oc3ccc(NS(=O)(=O)c4cccc5cc(C)cnc45)cc3F)ccnc2NC1=O. The monoisotopic (exact) mass is 507 g/mol. The largest absolute Gasteiger partial charge is 0.454 e. The van der Waals surface area contributed by atoms with Crippen molar-refractivity contribution in [3.8, 4) is 11.5 Å². The number of nitrogens with one attached hydrogen (secondary N) is 2. The van der Waals surface area contributed by atoms with Gasteiger partial charge in [0.25, 0.3) is 10.0 Å². The van der Waals surface area contributed by atoms with Gasteiger partial charge in [-0.05, 0) is 49.7 Å². The highest BCUT2D eigenvalue weighted by atomic mass is 32.2. The second kappa shape index (κ2) is 9.08. The summed E-state index contributed by atoms with van der Waals surface area (Å²) in [7, 11) is -4.04. The molecule has 2 aromatic heterocycles. The van der Waals surface area contributed by atoms with Crippen molar-refractivity contribution in [1.29, 1.82) is 0 Å². The number of benzene rings is 2. The van der Waals surface area contributed by atoms with Crippen LogP contribution in [0.25, 0.3) is 10.9 Å². The molecular formula is C25H22FN5O4S. The minimum Gasteiger partial charge on any atom is -0.454 e. The van der Waals surface area contributed by atoms with Gasteiger partial charge >= 0.3 is 6.03 Å². The third kappa shape index (κ3) is 4.40. The van der Waals surface area contributed by atoms with E-state index in [4.69, 9.17) is 4.74 Å². The molecule has 2 amide bonds. The summed E-state index contributed by atoms with van der Waals surface area (Å²) in [6.45, 7) is 4.46. The van der Waals surface area contributed by atoms with Crippen molar-refractivity contribution >= 4 is 38.5 Å². The third-order valence-corrected chi connectivity index (χ3v) is 7.17. The molecule has 0 spiro atoms. The normalized spacial score (nSPS) is 13.3. The maximum Gasteiger partial charge on any atom is 0.323 e. The number of fused-ring (bicyclic) bond motifs is 2. The number of para-hydroxylation sites is 1. The van der Waals surface area contributed by atoms with Gasteiger partial charge in [0, 0.05) is 30.4 Å². The molecule has 0 fully saturated rings. The van der Waals surface area contributed by atoms with E-state index in [0.29, 0.717) is 34.6 Å². The minimum atomic E-state index is -4.04. The van der Waals surface area contributed by atoms with Crippen molar-refractivity contribution in [2.75, 3.05) is 16.6 Å². The van der Waals surface area contributed by atoms with Gasteiger partial charge in [-0.15, -0.1) is 0 Å². The Bertz CT molecular complexity index is 1610. The summed E-state index contributed by atoms with van der Waals surface area (Å²) in [4.78, 5) is 22.1. The molecule has 0 radical (unpaired) electrons. The van der Waals surface area contributed by atoms with E-state index < -0.39 is 15.8 Å². The minimum absolute atomic E-state index is 0.00771. The number of aromatic nitrogens is 2. The molecule has 0 saturated heterocycles. The molecule has 0 saturated carbocycles. The van der Waals surface area contributed by atoms with Gasteiger partial charge in [-0.25, -0.2) is 22.6 Å². The predicted octanol–water partition coefficient (Wildman–Crippen LogP) is 5.04. The third-order valence-electron chi connectivity index (χ3n) is 5.76. The smallest absolute Gasteiger partial charge is 0.323 e. The lowest BCUT2D eigenvalue weighted by Crippen LogP contribution is -2.38. The number of carbonyl (C=O) groups excluding carboxylic acids is 1. The van der Waals surface area contributed by atoms with Crippen LogP contribution in [0, 0.1) is 12.7 Å². The van der Waals surface area contributed by atoms with Gasteiger partial charge in [0.1, 0.15) is 16.5 Å². The maximum atomic E-state index is 15.0. The number of pyridine rings is 2. The lowest BCUT2D eigenvalue weighted by atomic mass is 10.2. The maximum absolute atomic E-state index is 15.0. The van der Waals surface area contributed by atoms with Crippen LogP contribution in [0.1, 0.15) is 18.1 Å². The van der Waals surface area contributed by atoms with Crippen LogP contribution in [-0.4, -0.2) is 35.9 Å². The first-order valence-electron chi connectivity index (χ1n) is 11.1. The van der Waals surface area contributed by atoms with Crippen molar-refractivity contribution in [2.45, 2.75) is 25.3 Å². The van der Waals surface area contributed by atoms with E-state index in [1.165, 1.54) is 24.4 Å². The quantitative estimate of drug-likeness (QED) is 0.378. The van der Waals surface area contributed by atoms with Gasteiger partial charge < -0.3 is 9.64 Å². The van der Waals surface area contributed by atoms with Crippen LogP contribution in [0.4, 0.5) is 20.7 Å². The zero-order valence-electron chi connectivity index (χ0n) is 19.4. The second-order valence-electron chi connectivity index (χ2n) is 8.27. The fraction of sp³-hybridized carbons (Fsp3) is 0.160. The van der Waals surface area contributed by atoms with Gasteiger partial charge in [0.15, 0.2) is 11.6 Å². The number of carbonyl (C=O) groups is 1. The number of anilines is 2. The van der Waals surface area contributed by atoms with E-state index in [2.05, 4.69) is 20.0 Å². The highest BCUT2D eigenvalue weighted by Crippen LogP contribution is 2.35. The Balaban J connectivity index is 1.41. The summed E-state index contributed by atoms with van der Waals surface area (Å²) in [6, 6.07) is 11.8. The molecule has 1 aliphatic heterocycles. The summed E-state index contributed by atoms with van der Waals surface area (Å²) < 4.78 is 49.4. The van der Waals surface area contributed by atoms with Crippen molar-refractivity contribution in [1.82, 2.24) is 14.9 Å². The first-order chi connectivity index (χ1) is 17.2. The van der Waals surface area contributed by atoms with Gasteiger partial charge in [-0.2, -0.15) is 0 Å². The zero-order chi connectivity index (χ0) is 25.4. The van der Waals surface area contributed by atoms with E-state index >= 15 is 0 Å². The second-order valence-corrected chi connectivity index (χ2v) is 9.92. The molecule has 9 nitrogen and oxygen atoms in total. The van der Waals surface area contributed by atoms with Gasteiger partial charge in [-0.3, -0.25) is 15.0 Å². The molecule has 184 valence electrons. The van der Waals surface area contributed by atoms with E-state index in [9.17, 15) is 17.6 Å². The number of urea groups is 1. The number of sulfonamides is 1. The highest BCUT2D eigenvalue weighted by Gasteiger charge is 2.26. The fourth-order valence-electron chi connectivity index (χ4n) is 3.96. The molecule has 4 aromatic rings. The molecule has 0 aliphatic carbocycles. The summed E-state index contributed by atoms with van der Waals surface area (Å²) in [5, 5.41) is 3.37. The molecular weight excluding hydrogens is 485 g/mol. The van der Waals surface area contributed by atoms with Gasteiger partial charge in [0.05, 0.1) is 23.3 Å². The van der Waals surface area contributed by atoms with Crippen molar-refractivity contribution in [2.24, 2.45) is 0 Å². The van der Waals surface area contributed by atoms with Crippen LogP contribution >= 0.6 is 0 Å². The molecule has 3 heterocycles. The van der Waals surface area contributed by atoms with Crippen molar-refractivity contribution in [3.05, 3.63) is 77.9 Å². The fourth-order valence-corrected chi connectivity index (χ4v) is 5.19. The Kier molecular flexibility index (Phi) is 5.92. The molecule has 0 unspecified atom stereocenters. The average Bonchev–Trinajstić information content (AvgIpc) is 2.84. The molecule has 11 heteroatoms. The number of nitrogens with zero attached hydrogens (tertiary/aromatic N) is 3. The van der Waals surface area contributed by atoms with Crippen molar-refractivity contribution in [3.63, 3.8) is 0 Å². The van der Waals surface area contributed by atoms with Crippen LogP contribution in [0.2, 0.25) is 0 Å². The van der Waals surface area contributed by atoms with E-state index in [1.54, 1.807) is 29.3 Å². The predicted molar refractivity (Wildman–Crippen MR) is 133 cm³/mol.